The van der Waals surface area contributed by atoms with Crippen LogP contribution >= 0.6 is 0 Å². The molecule has 3 rings (SSSR count). The standard InChI is InChI=1S/C19H30N4Si/c1-24(2,3)14-4-5-19-21-11-13-23(19)18-10-12-22(15-18)17-8-6-16(20)7-9-17/h6-9,11,13,18H,4-5,10,12,14-15,20H2,1-3H3. The summed E-state index contributed by atoms with van der Waals surface area (Å²) >= 11 is 0. The fraction of sp³-hybridized carbons (Fsp3) is 0.526. The van der Waals surface area contributed by atoms with Crippen molar-refractivity contribution >= 4 is 19.4 Å². The van der Waals surface area contributed by atoms with Crippen LogP contribution in [0.1, 0.15) is 24.7 Å². The first-order chi connectivity index (χ1) is 11.4. The van der Waals surface area contributed by atoms with Crippen LogP contribution in [0, 0.1) is 0 Å². The molecule has 1 aromatic carbocycles. The van der Waals surface area contributed by atoms with Gasteiger partial charge in [-0.3, -0.25) is 0 Å². The van der Waals surface area contributed by atoms with Crippen LogP contribution in [0.2, 0.25) is 25.7 Å². The molecule has 0 spiro atoms. The zero-order valence-corrected chi connectivity index (χ0v) is 16.2. The van der Waals surface area contributed by atoms with Crippen LogP contribution in [0.25, 0.3) is 0 Å². The Morgan fingerprint density at radius 1 is 1.21 bits per heavy atom. The molecular weight excluding hydrogens is 312 g/mol. The Balaban J connectivity index is 1.62. The summed E-state index contributed by atoms with van der Waals surface area (Å²) in [6.45, 7) is 9.49. The molecule has 2 N–H and O–H groups in total. The van der Waals surface area contributed by atoms with E-state index < -0.39 is 8.07 Å². The molecule has 0 amide bonds. The van der Waals surface area contributed by atoms with Crippen molar-refractivity contribution in [3.05, 3.63) is 42.5 Å². The van der Waals surface area contributed by atoms with Crippen molar-refractivity contribution in [2.24, 2.45) is 0 Å². The van der Waals surface area contributed by atoms with E-state index in [1.807, 2.05) is 18.3 Å². The van der Waals surface area contributed by atoms with E-state index in [2.05, 4.69) is 52.4 Å². The normalized spacial score (nSPS) is 18.3. The Kier molecular flexibility index (Phi) is 4.99. The molecule has 0 saturated carbocycles. The molecule has 1 saturated heterocycles. The zero-order chi connectivity index (χ0) is 17.2. The molecular formula is C19H30N4Si. The Bertz CT molecular complexity index is 657. The SMILES string of the molecule is C[Si](C)(C)CCCc1nccn1C1CCN(c2ccc(N)cc2)C1. The number of imidazole rings is 1. The molecule has 2 aromatic rings. The predicted molar refractivity (Wildman–Crippen MR) is 105 cm³/mol. The first-order valence-electron chi connectivity index (χ1n) is 9.04. The first-order valence-corrected chi connectivity index (χ1v) is 12.8. The predicted octanol–water partition coefficient (Wildman–Crippen LogP) is 4.19. The molecule has 1 atom stereocenters. The minimum Gasteiger partial charge on any atom is -0.399 e. The second kappa shape index (κ2) is 7.01. The maximum absolute atomic E-state index is 5.80. The van der Waals surface area contributed by atoms with Crippen LogP contribution in [0.4, 0.5) is 11.4 Å². The summed E-state index contributed by atoms with van der Waals surface area (Å²) in [5.41, 5.74) is 7.90. The number of aromatic nitrogens is 2. The molecule has 1 fully saturated rings. The van der Waals surface area contributed by atoms with Crippen molar-refractivity contribution in [2.45, 2.75) is 51.0 Å². The third-order valence-corrected chi connectivity index (χ3v) is 6.74. The highest BCUT2D eigenvalue weighted by molar-refractivity contribution is 6.76. The fourth-order valence-corrected chi connectivity index (χ4v) is 4.77. The number of hydrogen-bond acceptors (Lipinski definition) is 3. The summed E-state index contributed by atoms with van der Waals surface area (Å²) in [4.78, 5) is 7.09. The lowest BCUT2D eigenvalue weighted by atomic mass is 10.2. The van der Waals surface area contributed by atoms with Crippen molar-refractivity contribution in [1.29, 1.82) is 0 Å². The third-order valence-electron chi connectivity index (χ3n) is 4.89. The second-order valence-corrected chi connectivity index (χ2v) is 13.8. The van der Waals surface area contributed by atoms with Crippen molar-refractivity contribution in [3.8, 4) is 0 Å². The van der Waals surface area contributed by atoms with Crippen LogP contribution in [0.15, 0.2) is 36.7 Å². The number of aryl methyl sites for hydroxylation is 1. The van der Waals surface area contributed by atoms with Gasteiger partial charge in [-0.2, -0.15) is 0 Å². The third kappa shape index (κ3) is 4.20. The van der Waals surface area contributed by atoms with E-state index in [9.17, 15) is 0 Å². The van der Waals surface area contributed by atoms with Gasteiger partial charge in [0.05, 0.1) is 6.04 Å². The molecule has 1 aromatic heterocycles. The number of anilines is 2. The van der Waals surface area contributed by atoms with Gasteiger partial charge >= 0.3 is 0 Å². The first kappa shape index (κ1) is 17.1. The van der Waals surface area contributed by atoms with E-state index in [1.54, 1.807) is 0 Å². The van der Waals surface area contributed by atoms with Gasteiger partial charge in [-0.1, -0.05) is 25.7 Å². The molecule has 5 heteroatoms. The zero-order valence-electron chi connectivity index (χ0n) is 15.2. The average molecular weight is 343 g/mol. The molecule has 1 aliphatic heterocycles. The number of hydrogen-bond donors (Lipinski definition) is 1. The van der Waals surface area contributed by atoms with Crippen LogP contribution in [-0.2, 0) is 6.42 Å². The summed E-state index contributed by atoms with van der Waals surface area (Å²) in [6, 6.07) is 10.1. The van der Waals surface area contributed by atoms with Crippen LogP contribution in [0.3, 0.4) is 0 Å². The molecule has 0 radical (unpaired) electrons. The molecule has 4 nitrogen and oxygen atoms in total. The molecule has 0 bridgehead atoms. The second-order valence-electron chi connectivity index (χ2n) is 8.14. The largest absolute Gasteiger partial charge is 0.399 e. The van der Waals surface area contributed by atoms with Gasteiger partial charge in [0.2, 0.25) is 0 Å². The van der Waals surface area contributed by atoms with Crippen molar-refractivity contribution in [2.75, 3.05) is 23.7 Å². The van der Waals surface area contributed by atoms with Crippen LogP contribution in [0.5, 0.6) is 0 Å². The summed E-state index contributed by atoms with van der Waals surface area (Å²) in [7, 11) is -0.955. The van der Waals surface area contributed by atoms with Gasteiger partial charge in [0.1, 0.15) is 5.82 Å². The smallest absolute Gasteiger partial charge is 0.108 e. The number of nitrogen functional groups attached to an aromatic ring is 1. The van der Waals surface area contributed by atoms with E-state index in [0.29, 0.717) is 6.04 Å². The monoisotopic (exact) mass is 342 g/mol. The van der Waals surface area contributed by atoms with Crippen LogP contribution in [-0.4, -0.2) is 30.7 Å². The highest BCUT2D eigenvalue weighted by Gasteiger charge is 2.25. The highest BCUT2D eigenvalue weighted by atomic mass is 28.3. The summed E-state index contributed by atoms with van der Waals surface area (Å²) in [5, 5.41) is 0. The molecule has 2 heterocycles. The lowest BCUT2D eigenvalue weighted by molar-refractivity contribution is 0.524. The minimum atomic E-state index is -0.955. The molecule has 130 valence electrons. The summed E-state index contributed by atoms with van der Waals surface area (Å²) < 4.78 is 2.42. The lowest BCUT2D eigenvalue weighted by Crippen LogP contribution is -2.22. The van der Waals surface area contributed by atoms with Gasteiger partial charge in [-0.05, 0) is 37.1 Å². The van der Waals surface area contributed by atoms with Crippen molar-refractivity contribution in [1.82, 2.24) is 9.55 Å². The number of benzene rings is 1. The maximum Gasteiger partial charge on any atom is 0.108 e. The van der Waals surface area contributed by atoms with E-state index in [0.717, 1.165) is 25.2 Å². The van der Waals surface area contributed by atoms with Gasteiger partial charge in [0, 0.05) is 51.4 Å². The van der Waals surface area contributed by atoms with E-state index >= 15 is 0 Å². The quantitative estimate of drug-likeness (QED) is 0.632. The lowest BCUT2D eigenvalue weighted by Gasteiger charge is -2.20. The van der Waals surface area contributed by atoms with Gasteiger partial charge in [-0.15, -0.1) is 0 Å². The Morgan fingerprint density at radius 2 is 1.96 bits per heavy atom. The summed E-state index contributed by atoms with van der Waals surface area (Å²) in [5.74, 6) is 1.26. The van der Waals surface area contributed by atoms with Gasteiger partial charge in [0.25, 0.3) is 0 Å². The Morgan fingerprint density at radius 3 is 2.67 bits per heavy atom. The minimum absolute atomic E-state index is 0.534. The Labute approximate surface area is 146 Å². The number of nitrogens with two attached hydrogens (primary N) is 1. The molecule has 0 aliphatic carbocycles. The van der Waals surface area contributed by atoms with E-state index in [1.165, 1.54) is 30.4 Å². The van der Waals surface area contributed by atoms with Crippen LogP contribution < -0.4 is 10.6 Å². The van der Waals surface area contributed by atoms with E-state index in [-0.39, 0.29) is 0 Å². The Hall–Kier alpha value is -1.75. The molecule has 1 aliphatic rings. The molecule has 1 unspecified atom stereocenters. The number of rotatable bonds is 6. The average Bonchev–Trinajstić information content (AvgIpc) is 3.15. The topological polar surface area (TPSA) is 47.1 Å². The van der Waals surface area contributed by atoms with Crippen molar-refractivity contribution < 1.29 is 0 Å². The maximum atomic E-state index is 5.80. The number of nitrogens with zero attached hydrogens (tertiary/aromatic N) is 3. The fourth-order valence-electron chi connectivity index (χ4n) is 3.54. The molecule has 24 heavy (non-hydrogen) atoms. The van der Waals surface area contributed by atoms with E-state index in [4.69, 9.17) is 5.73 Å². The van der Waals surface area contributed by atoms with Gasteiger partial charge < -0.3 is 15.2 Å². The summed E-state index contributed by atoms with van der Waals surface area (Å²) in [6.07, 6.45) is 7.69. The van der Waals surface area contributed by atoms with Gasteiger partial charge in [-0.25, -0.2) is 4.98 Å². The van der Waals surface area contributed by atoms with Gasteiger partial charge in [0.15, 0.2) is 0 Å². The highest BCUT2D eigenvalue weighted by Crippen LogP contribution is 2.28. The van der Waals surface area contributed by atoms with Crippen molar-refractivity contribution in [3.63, 3.8) is 0 Å².